The molecule has 0 saturated carbocycles. The lowest BCUT2D eigenvalue weighted by molar-refractivity contribution is -0.126. The van der Waals surface area contributed by atoms with Crippen LogP contribution in [0.25, 0.3) is 0 Å². The Balaban J connectivity index is 1.35. The zero-order valence-corrected chi connectivity index (χ0v) is 27.8. The van der Waals surface area contributed by atoms with E-state index in [4.69, 9.17) is 5.73 Å². The van der Waals surface area contributed by atoms with Crippen LogP contribution in [0.1, 0.15) is 61.9 Å². The fraction of sp³-hybridized carbons (Fsp3) is 0.429. The number of nitrogens with one attached hydrogen (secondary N) is 3. The molecule has 0 radical (unpaired) electrons. The molecule has 250 valence electrons. The average Bonchev–Trinajstić information content (AvgIpc) is 3.29. The van der Waals surface area contributed by atoms with Gasteiger partial charge in [-0.15, -0.1) is 0 Å². The summed E-state index contributed by atoms with van der Waals surface area (Å²) in [5.41, 5.74) is 9.03. The Morgan fingerprint density at radius 3 is 2.74 bits per heavy atom. The van der Waals surface area contributed by atoms with Crippen molar-refractivity contribution in [2.75, 3.05) is 44.4 Å². The van der Waals surface area contributed by atoms with Gasteiger partial charge in [0.25, 0.3) is 5.91 Å². The summed E-state index contributed by atoms with van der Waals surface area (Å²) in [6.45, 7) is 6.46. The van der Waals surface area contributed by atoms with Crippen molar-refractivity contribution in [3.05, 3.63) is 77.2 Å². The van der Waals surface area contributed by atoms with Crippen LogP contribution in [0.5, 0.6) is 0 Å². The van der Waals surface area contributed by atoms with E-state index in [2.05, 4.69) is 30.9 Å². The standard InChI is InChI=1S/C35H47N9O3/c1-5-16-37-33-29(23-39-35(42-33)41-30-14-13-26(32(36)46)20-24(30)2)34(47)38-22-25-9-6-10-28(21-25)40-27-11-7-18-44(19-15-27)31(45)12-8-17-43(3)4/h6,8-10,12-14,16,21,23-24,27,40H,5,7,11,15,17-20,22H2,1-4H3,(H2,36,46)(H,38,47)(H,39,41,42)/b12-8+,37-16?. The molecule has 1 aromatic heterocycles. The van der Waals surface area contributed by atoms with Crippen molar-refractivity contribution in [1.82, 2.24) is 25.1 Å². The molecule has 3 amide bonds. The van der Waals surface area contributed by atoms with E-state index in [9.17, 15) is 14.4 Å². The third-order valence-corrected chi connectivity index (χ3v) is 8.02. The number of primary amides is 1. The maximum absolute atomic E-state index is 13.3. The highest BCUT2D eigenvalue weighted by Gasteiger charge is 2.21. The summed E-state index contributed by atoms with van der Waals surface area (Å²) in [4.78, 5) is 54.7. The number of nitrogens with zero attached hydrogens (tertiary/aromatic N) is 5. The average molecular weight is 642 g/mol. The Morgan fingerprint density at radius 1 is 1.17 bits per heavy atom. The summed E-state index contributed by atoms with van der Waals surface area (Å²) in [6.07, 6.45) is 14.2. The van der Waals surface area contributed by atoms with E-state index >= 15 is 0 Å². The Morgan fingerprint density at radius 2 is 2.00 bits per heavy atom. The minimum absolute atomic E-state index is 0.0175. The minimum Gasteiger partial charge on any atom is -0.382 e. The van der Waals surface area contributed by atoms with Gasteiger partial charge in [-0.3, -0.25) is 14.4 Å². The zero-order valence-electron chi connectivity index (χ0n) is 27.8. The molecule has 2 atom stereocenters. The van der Waals surface area contributed by atoms with Crippen molar-refractivity contribution in [3.63, 3.8) is 0 Å². The van der Waals surface area contributed by atoms with Crippen molar-refractivity contribution >= 4 is 41.4 Å². The molecular weight excluding hydrogens is 594 g/mol. The van der Waals surface area contributed by atoms with Gasteiger partial charge in [0, 0.05) is 73.6 Å². The van der Waals surface area contributed by atoms with Crippen molar-refractivity contribution in [1.29, 1.82) is 0 Å². The number of likely N-dealkylation sites (N-methyl/N-ethyl adjacent to an activating group) is 1. The van der Waals surface area contributed by atoms with Gasteiger partial charge in [-0.1, -0.05) is 38.1 Å². The number of benzene rings is 1. The number of rotatable bonds is 13. The van der Waals surface area contributed by atoms with Gasteiger partial charge in [0.05, 0.1) is 0 Å². The number of likely N-dealkylation sites (tertiary alicyclic amines) is 1. The molecule has 2 aromatic rings. The van der Waals surface area contributed by atoms with Crippen molar-refractivity contribution in [3.8, 4) is 0 Å². The second-order valence-corrected chi connectivity index (χ2v) is 12.2. The Labute approximate surface area is 277 Å². The predicted molar refractivity (Wildman–Crippen MR) is 186 cm³/mol. The predicted octanol–water partition coefficient (Wildman–Crippen LogP) is 4.18. The molecule has 0 bridgehead atoms. The van der Waals surface area contributed by atoms with Gasteiger partial charge in [0.2, 0.25) is 17.8 Å². The number of amides is 3. The first kappa shape index (κ1) is 35.0. The van der Waals surface area contributed by atoms with Crippen LogP contribution in [0.4, 0.5) is 17.5 Å². The van der Waals surface area contributed by atoms with Gasteiger partial charge in [-0.2, -0.15) is 4.98 Å². The van der Waals surface area contributed by atoms with Crippen LogP contribution in [0.3, 0.4) is 0 Å². The van der Waals surface area contributed by atoms with Crippen LogP contribution >= 0.6 is 0 Å². The molecule has 1 aliphatic carbocycles. The van der Waals surface area contributed by atoms with Gasteiger partial charge in [0.1, 0.15) is 5.56 Å². The van der Waals surface area contributed by atoms with E-state index < -0.39 is 5.91 Å². The summed E-state index contributed by atoms with van der Waals surface area (Å²) in [5.74, 6) is -0.0931. The lowest BCUT2D eigenvalue weighted by atomic mass is 9.92. The molecule has 2 unspecified atom stereocenters. The maximum atomic E-state index is 13.3. The Bertz CT molecular complexity index is 1550. The first-order chi connectivity index (χ1) is 22.6. The molecule has 2 heterocycles. The van der Waals surface area contributed by atoms with Crippen LogP contribution in [0.15, 0.2) is 71.0 Å². The number of hydrogen-bond donors (Lipinski definition) is 4. The van der Waals surface area contributed by atoms with Crippen molar-refractivity contribution in [2.24, 2.45) is 16.6 Å². The van der Waals surface area contributed by atoms with E-state index in [-0.39, 0.29) is 35.2 Å². The molecule has 1 aromatic carbocycles. The zero-order chi connectivity index (χ0) is 33.8. The number of carbonyl (C=O) groups is 3. The van der Waals surface area contributed by atoms with Crippen LogP contribution < -0.4 is 21.7 Å². The number of aliphatic imine (C=N–C) groups is 1. The minimum atomic E-state index is -0.428. The third kappa shape index (κ3) is 10.6. The van der Waals surface area contributed by atoms with Gasteiger partial charge >= 0.3 is 0 Å². The second-order valence-electron chi connectivity index (χ2n) is 12.2. The molecule has 1 saturated heterocycles. The highest BCUT2D eigenvalue weighted by Crippen LogP contribution is 2.26. The van der Waals surface area contributed by atoms with Crippen molar-refractivity contribution < 1.29 is 14.4 Å². The van der Waals surface area contributed by atoms with E-state index in [1.807, 2.05) is 68.1 Å². The molecule has 0 spiro atoms. The van der Waals surface area contributed by atoms with Crippen LogP contribution in [0, 0.1) is 5.92 Å². The molecule has 12 nitrogen and oxygen atoms in total. The summed E-state index contributed by atoms with van der Waals surface area (Å²) in [6, 6.07) is 8.24. The Kier molecular flexibility index (Phi) is 12.8. The number of carbonyl (C=O) groups excluding carboxylic acids is 3. The topological polar surface area (TPSA) is 158 Å². The summed E-state index contributed by atoms with van der Waals surface area (Å²) in [5, 5.41) is 9.81. The van der Waals surface area contributed by atoms with Crippen molar-refractivity contribution in [2.45, 2.75) is 58.5 Å². The molecule has 1 fully saturated rings. The molecule has 4 rings (SSSR count). The van der Waals surface area contributed by atoms with Gasteiger partial charge in [-0.25, -0.2) is 9.98 Å². The molecule has 5 N–H and O–H groups in total. The van der Waals surface area contributed by atoms with Gasteiger partial charge < -0.3 is 31.5 Å². The molecule has 12 heteroatoms. The number of nitrogens with two attached hydrogens (primary N) is 1. The quantitative estimate of drug-likeness (QED) is 0.187. The number of anilines is 2. The smallest absolute Gasteiger partial charge is 0.256 e. The maximum Gasteiger partial charge on any atom is 0.256 e. The van der Waals surface area contributed by atoms with E-state index in [0.717, 1.165) is 49.3 Å². The van der Waals surface area contributed by atoms with E-state index in [1.54, 1.807) is 24.4 Å². The molecule has 2 aliphatic rings. The second kappa shape index (κ2) is 17.2. The largest absolute Gasteiger partial charge is 0.382 e. The first-order valence-electron chi connectivity index (χ1n) is 16.2. The lowest BCUT2D eigenvalue weighted by Crippen LogP contribution is -2.31. The monoisotopic (exact) mass is 641 g/mol. The van der Waals surface area contributed by atoms with E-state index in [1.165, 1.54) is 6.20 Å². The van der Waals surface area contributed by atoms with Gasteiger partial charge in [0.15, 0.2) is 5.82 Å². The number of hydrogen-bond acceptors (Lipinski definition) is 9. The lowest BCUT2D eigenvalue weighted by Gasteiger charge is -2.21. The molecule has 47 heavy (non-hydrogen) atoms. The van der Waals surface area contributed by atoms with Crippen LogP contribution in [0.2, 0.25) is 0 Å². The van der Waals surface area contributed by atoms with Gasteiger partial charge in [-0.05, 0) is 70.0 Å². The summed E-state index contributed by atoms with van der Waals surface area (Å²) in [7, 11) is 3.96. The first-order valence-corrected chi connectivity index (χ1v) is 16.2. The van der Waals surface area contributed by atoms with E-state index in [0.29, 0.717) is 37.5 Å². The fourth-order valence-electron chi connectivity index (χ4n) is 5.42. The van der Waals surface area contributed by atoms with Crippen LogP contribution in [-0.4, -0.2) is 83.5 Å². The number of aromatic nitrogens is 2. The third-order valence-electron chi connectivity index (χ3n) is 8.02. The fourth-order valence-corrected chi connectivity index (χ4v) is 5.42. The normalized spacial score (nSPS) is 18.5. The van der Waals surface area contributed by atoms with Crippen LogP contribution in [-0.2, 0) is 16.1 Å². The molecular formula is C35H47N9O3. The Hall–Kier alpha value is -4.84. The summed E-state index contributed by atoms with van der Waals surface area (Å²) >= 11 is 0. The highest BCUT2D eigenvalue weighted by atomic mass is 16.2. The SMILES string of the molecule is CCC=Nc1nc(NC2=CC=C(C(N)=O)CC2C)ncc1C(=O)NCc1cccc(NC2CCCN(C(=O)/C=C/CN(C)C)CC2)c1. The molecule has 1 aliphatic heterocycles. The number of allylic oxidation sites excluding steroid dienone is 3. The highest BCUT2D eigenvalue weighted by molar-refractivity contribution is 5.98. The summed E-state index contributed by atoms with van der Waals surface area (Å²) < 4.78 is 0.